The van der Waals surface area contributed by atoms with Crippen LogP contribution < -0.4 is 9.62 Å². The minimum atomic E-state index is -3.88. The molecule has 166 valence electrons. The van der Waals surface area contributed by atoms with Crippen molar-refractivity contribution in [3.8, 4) is 0 Å². The van der Waals surface area contributed by atoms with Gasteiger partial charge >= 0.3 is 0 Å². The third kappa shape index (κ3) is 5.70. The molecule has 0 saturated carbocycles. The van der Waals surface area contributed by atoms with Crippen LogP contribution >= 0.6 is 0 Å². The topological polar surface area (TPSA) is 110 Å². The Bertz CT molecular complexity index is 1210. The zero-order valence-electron chi connectivity index (χ0n) is 17.6. The van der Waals surface area contributed by atoms with Gasteiger partial charge in [0.25, 0.3) is 5.69 Å². The molecular weight excluding hydrogens is 430 g/mol. The number of hydrogen-bond donors (Lipinski definition) is 1. The highest BCUT2D eigenvalue weighted by Crippen LogP contribution is 2.25. The molecule has 8 nitrogen and oxygen atoms in total. The molecule has 9 heteroatoms. The first-order chi connectivity index (χ1) is 15.1. The number of benzene rings is 3. The molecule has 3 aromatic rings. The molecule has 0 bridgehead atoms. The van der Waals surface area contributed by atoms with Crippen LogP contribution in [-0.2, 0) is 14.8 Å². The zero-order chi connectivity index (χ0) is 23.3. The second-order valence-corrected chi connectivity index (χ2v) is 9.28. The summed E-state index contributed by atoms with van der Waals surface area (Å²) < 4.78 is 25.6. The summed E-state index contributed by atoms with van der Waals surface area (Å²) in [4.78, 5) is 23.4. The summed E-state index contributed by atoms with van der Waals surface area (Å²) in [5, 5.41) is 14.0. The van der Waals surface area contributed by atoms with Gasteiger partial charge in [-0.3, -0.25) is 19.2 Å². The molecule has 0 radical (unpaired) electrons. The van der Waals surface area contributed by atoms with Crippen LogP contribution in [0.2, 0.25) is 0 Å². The summed E-state index contributed by atoms with van der Waals surface area (Å²) in [6, 6.07) is 21.7. The van der Waals surface area contributed by atoms with E-state index in [2.05, 4.69) is 5.32 Å². The molecule has 0 saturated heterocycles. The fourth-order valence-corrected chi connectivity index (χ4v) is 4.11. The molecule has 0 fully saturated rings. The average molecular weight is 454 g/mol. The fraction of sp³-hybridized carbons (Fsp3) is 0.174. The predicted molar refractivity (Wildman–Crippen MR) is 123 cm³/mol. The molecule has 0 heterocycles. The van der Waals surface area contributed by atoms with E-state index in [4.69, 9.17) is 0 Å². The van der Waals surface area contributed by atoms with E-state index < -0.39 is 33.4 Å². The van der Waals surface area contributed by atoms with Crippen LogP contribution in [0.3, 0.4) is 0 Å². The summed E-state index contributed by atoms with van der Waals surface area (Å²) in [7, 11) is -3.88. The van der Waals surface area contributed by atoms with E-state index in [0.717, 1.165) is 33.3 Å². The van der Waals surface area contributed by atoms with Gasteiger partial charge < -0.3 is 5.32 Å². The Morgan fingerprint density at radius 2 is 1.62 bits per heavy atom. The molecule has 1 atom stereocenters. The van der Waals surface area contributed by atoms with E-state index in [1.54, 1.807) is 0 Å². The van der Waals surface area contributed by atoms with E-state index in [9.17, 15) is 23.3 Å². The highest BCUT2D eigenvalue weighted by molar-refractivity contribution is 7.92. The van der Waals surface area contributed by atoms with Gasteiger partial charge in [-0.15, -0.1) is 0 Å². The number of nitrogens with zero attached hydrogens (tertiary/aromatic N) is 2. The van der Waals surface area contributed by atoms with E-state index in [1.165, 1.54) is 18.2 Å². The van der Waals surface area contributed by atoms with Gasteiger partial charge in [0.05, 0.1) is 22.9 Å². The maximum absolute atomic E-state index is 13.0. The third-order valence-electron chi connectivity index (χ3n) is 4.86. The molecular formula is C23H23N3O5S. The van der Waals surface area contributed by atoms with Gasteiger partial charge in [-0.1, -0.05) is 66.2 Å². The predicted octanol–water partition coefficient (Wildman–Crippen LogP) is 3.58. The second-order valence-electron chi connectivity index (χ2n) is 7.37. The Morgan fingerprint density at radius 3 is 2.22 bits per heavy atom. The number of nitro groups is 1. The molecule has 32 heavy (non-hydrogen) atoms. The molecule has 0 aliphatic carbocycles. The smallest absolute Gasteiger partial charge is 0.271 e. The highest BCUT2D eigenvalue weighted by Gasteiger charge is 2.25. The van der Waals surface area contributed by atoms with Crippen molar-refractivity contribution in [2.75, 3.05) is 17.1 Å². The molecule has 1 amide bonds. The quantitative estimate of drug-likeness (QED) is 0.414. The van der Waals surface area contributed by atoms with Crippen LogP contribution in [0, 0.1) is 17.0 Å². The van der Waals surface area contributed by atoms with E-state index >= 15 is 0 Å². The van der Waals surface area contributed by atoms with Crippen molar-refractivity contribution in [2.24, 2.45) is 0 Å². The highest BCUT2D eigenvalue weighted by atomic mass is 32.2. The van der Waals surface area contributed by atoms with E-state index in [0.29, 0.717) is 0 Å². The van der Waals surface area contributed by atoms with Gasteiger partial charge in [0.15, 0.2) is 0 Å². The molecule has 3 rings (SSSR count). The van der Waals surface area contributed by atoms with Crippen LogP contribution in [0.4, 0.5) is 11.4 Å². The van der Waals surface area contributed by atoms with Crippen LogP contribution in [0.1, 0.15) is 22.7 Å². The van der Waals surface area contributed by atoms with Gasteiger partial charge in [-0.25, -0.2) is 8.42 Å². The number of nitrogens with one attached hydrogen (secondary N) is 1. The van der Waals surface area contributed by atoms with Crippen LogP contribution in [0.15, 0.2) is 78.9 Å². The van der Waals surface area contributed by atoms with Crippen molar-refractivity contribution in [1.29, 1.82) is 0 Å². The van der Waals surface area contributed by atoms with Crippen molar-refractivity contribution < 1.29 is 18.1 Å². The van der Waals surface area contributed by atoms with Crippen molar-refractivity contribution >= 4 is 27.3 Å². The SMILES string of the molecule is Cc1ccc([C@@H](NC(=O)CN(c2cccc([N+](=O)[O-])c2)S(C)(=O)=O)c2ccccc2)cc1. The van der Waals surface area contributed by atoms with Crippen LogP contribution in [-0.4, -0.2) is 32.0 Å². The number of amides is 1. The molecule has 0 aromatic heterocycles. The minimum Gasteiger partial charge on any atom is -0.344 e. The molecule has 3 aromatic carbocycles. The Hall–Kier alpha value is -3.72. The Morgan fingerprint density at radius 1 is 1.00 bits per heavy atom. The number of rotatable bonds is 8. The van der Waals surface area contributed by atoms with Gasteiger partial charge in [0, 0.05) is 12.1 Å². The summed E-state index contributed by atoms with van der Waals surface area (Å²) >= 11 is 0. The van der Waals surface area contributed by atoms with Crippen molar-refractivity contribution in [2.45, 2.75) is 13.0 Å². The lowest BCUT2D eigenvalue weighted by Crippen LogP contribution is -2.41. The van der Waals surface area contributed by atoms with Crippen LogP contribution in [0.5, 0.6) is 0 Å². The first-order valence-corrected chi connectivity index (χ1v) is 11.6. The number of sulfonamides is 1. The fourth-order valence-electron chi connectivity index (χ4n) is 3.26. The molecule has 0 aliphatic rings. The lowest BCUT2D eigenvalue weighted by molar-refractivity contribution is -0.384. The summed E-state index contributed by atoms with van der Waals surface area (Å²) in [6.07, 6.45) is 0.952. The van der Waals surface area contributed by atoms with Crippen LogP contribution in [0.25, 0.3) is 0 Å². The van der Waals surface area contributed by atoms with E-state index in [-0.39, 0.29) is 11.4 Å². The molecule has 0 spiro atoms. The first kappa shape index (κ1) is 23.0. The Kier molecular flexibility index (Phi) is 6.89. The maximum Gasteiger partial charge on any atom is 0.271 e. The number of anilines is 1. The van der Waals surface area contributed by atoms with Crippen molar-refractivity contribution in [3.63, 3.8) is 0 Å². The number of aryl methyl sites for hydroxylation is 1. The number of carbonyl (C=O) groups excluding carboxylic acids is 1. The number of nitro benzene ring substituents is 1. The van der Waals surface area contributed by atoms with E-state index in [1.807, 2.05) is 61.5 Å². The molecule has 1 N–H and O–H groups in total. The lowest BCUT2D eigenvalue weighted by atomic mass is 9.98. The number of carbonyl (C=O) groups is 1. The van der Waals surface area contributed by atoms with Gasteiger partial charge in [0.1, 0.15) is 6.54 Å². The minimum absolute atomic E-state index is 0.0449. The number of hydrogen-bond acceptors (Lipinski definition) is 5. The Labute approximate surface area is 186 Å². The average Bonchev–Trinajstić information content (AvgIpc) is 2.76. The summed E-state index contributed by atoms with van der Waals surface area (Å²) in [5.74, 6) is -0.545. The molecule has 0 unspecified atom stereocenters. The largest absolute Gasteiger partial charge is 0.344 e. The van der Waals surface area contributed by atoms with Crippen molar-refractivity contribution in [1.82, 2.24) is 5.32 Å². The number of non-ortho nitro benzene ring substituents is 1. The summed E-state index contributed by atoms with van der Waals surface area (Å²) in [6.45, 7) is 1.44. The maximum atomic E-state index is 13.0. The third-order valence-corrected chi connectivity index (χ3v) is 6.01. The monoisotopic (exact) mass is 453 g/mol. The standard InChI is InChI=1S/C23H23N3O5S/c1-17-11-13-19(14-12-17)23(18-7-4-3-5-8-18)24-22(27)16-25(32(2,30)31)20-9-6-10-21(15-20)26(28)29/h3-15,23H,16H2,1-2H3,(H,24,27)/t23-/m0/s1. The van der Waals surface area contributed by atoms with Crippen molar-refractivity contribution in [3.05, 3.63) is 106 Å². The zero-order valence-corrected chi connectivity index (χ0v) is 18.5. The Balaban J connectivity index is 1.90. The lowest BCUT2D eigenvalue weighted by Gasteiger charge is -2.25. The normalized spacial score (nSPS) is 12.1. The molecule has 0 aliphatic heterocycles. The first-order valence-electron chi connectivity index (χ1n) is 9.78. The summed E-state index contributed by atoms with van der Waals surface area (Å²) in [5.41, 5.74) is 2.53. The van der Waals surface area contributed by atoms with Gasteiger partial charge in [-0.2, -0.15) is 0 Å². The van der Waals surface area contributed by atoms with Gasteiger partial charge in [-0.05, 0) is 24.1 Å². The second kappa shape index (κ2) is 9.61. The van der Waals surface area contributed by atoms with Gasteiger partial charge in [0.2, 0.25) is 15.9 Å².